The first-order valence-electron chi connectivity index (χ1n) is 7.29. The van der Waals surface area contributed by atoms with Crippen LogP contribution < -0.4 is 10.5 Å². The number of rotatable bonds is 6. The predicted molar refractivity (Wildman–Crippen MR) is 84.3 cm³/mol. The lowest BCUT2D eigenvalue weighted by Gasteiger charge is -2.18. The summed E-state index contributed by atoms with van der Waals surface area (Å²) in [5.41, 5.74) is 9.25. The third-order valence-electron chi connectivity index (χ3n) is 3.83. The van der Waals surface area contributed by atoms with E-state index in [-0.39, 0.29) is 11.7 Å². The van der Waals surface area contributed by atoms with Gasteiger partial charge in [-0.3, -0.25) is 0 Å². The van der Waals surface area contributed by atoms with Crippen LogP contribution in [0.3, 0.4) is 0 Å². The van der Waals surface area contributed by atoms with Gasteiger partial charge in [0.15, 0.2) is 0 Å². The van der Waals surface area contributed by atoms with Gasteiger partial charge in [-0.1, -0.05) is 31.2 Å². The molecule has 0 heterocycles. The number of hydrogen-bond acceptors (Lipinski definition) is 2. The van der Waals surface area contributed by atoms with Crippen LogP contribution in [0.1, 0.15) is 29.5 Å². The molecule has 0 aliphatic heterocycles. The Labute approximate surface area is 125 Å². The van der Waals surface area contributed by atoms with Gasteiger partial charge in [0.2, 0.25) is 0 Å². The molecule has 0 bridgehead atoms. The van der Waals surface area contributed by atoms with Gasteiger partial charge in [0.25, 0.3) is 0 Å². The zero-order chi connectivity index (χ0) is 15.2. The van der Waals surface area contributed by atoms with Crippen molar-refractivity contribution in [3.63, 3.8) is 0 Å². The van der Waals surface area contributed by atoms with Gasteiger partial charge in [-0.05, 0) is 48.7 Å². The summed E-state index contributed by atoms with van der Waals surface area (Å²) < 4.78 is 18.9. The van der Waals surface area contributed by atoms with Gasteiger partial charge in [-0.2, -0.15) is 0 Å². The topological polar surface area (TPSA) is 35.2 Å². The Kier molecular flexibility index (Phi) is 5.34. The van der Waals surface area contributed by atoms with Gasteiger partial charge in [0.1, 0.15) is 11.6 Å². The lowest BCUT2D eigenvalue weighted by atomic mass is 9.91. The van der Waals surface area contributed by atoms with E-state index in [4.69, 9.17) is 10.5 Å². The van der Waals surface area contributed by atoms with Crippen molar-refractivity contribution in [1.29, 1.82) is 0 Å². The zero-order valence-electron chi connectivity index (χ0n) is 12.6. The van der Waals surface area contributed by atoms with Crippen molar-refractivity contribution in [3.05, 3.63) is 65.0 Å². The molecular formula is C18H22FNO. The quantitative estimate of drug-likeness (QED) is 0.879. The largest absolute Gasteiger partial charge is 0.496 e. The average Bonchev–Trinajstić information content (AvgIpc) is 2.53. The summed E-state index contributed by atoms with van der Waals surface area (Å²) in [5, 5.41) is 0. The summed E-state index contributed by atoms with van der Waals surface area (Å²) in [5.74, 6) is 0.478. The van der Waals surface area contributed by atoms with Crippen molar-refractivity contribution in [1.82, 2.24) is 0 Å². The summed E-state index contributed by atoms with van der Waals surface area (Å²) in [6.07, 6.45) is 1.80. The van der Waals surface area contributed by atoms with Gasteiger partial charge in [0, 0.05) is 11.5 Å². The molecule has 0 radical (unpaired) electrons. The number of halogens is 1. The van der Waals surface area contributed by atoms with Crippen LogP contribution in [-0.4, -0.2) is 13.7 Å². The standard InChI is InChI=1S/C18H22FNO/c1-3-13-4-6-14(7-5-13)10-15(12-20)17-11-16(19)8-9-18(17)21-2/h4-9,11,15H,3,10,12,20H2,1-2H3. The van der Waals surface area contributed by atoms with Crippen molar-refractivity contribution in [3.8, 4) is 5.75 Å². The van der Waals surface area contributed by atoms with Crippen LogP contribution in [0.4, 0.5) is 4.39 Å². The maximum Gasteiger partial charge on any atom is 0.123 e. The Hall–Kier alpha value is -1.87. The Morgan fingerprint density at radius 3 is 2.33 bits per heavy atom. The minimum absolute atomic E-state index is 0.0446. The van der Waals surface area contributed by atoms with E-state index >= 15 is 0 Å². The van der Waals surface area contributed by atoms with Crippen LogP contribution >= 0.6 is 0 Å². The monoisotopic (exact) mass is 287 g/mol. The van der Waals surface area contributed by atoms with Gasteiger partial charge in [-0.25, -0.2) is 4.39 Å². The molecule has 0 amide bonds. The minimum Gasteiger partial charge on any atom is -0.496 e. The molecule has 0 aliphatic carbocycles. The number of ether oxygens (including phenoxy) is 1. The molecule has 0 fully saturated rings. The Bertz CT molecular complexity index is 580. The lowest BCUT2D eigenvalue weighted by Crippen LogP contribution is -2.16. The molecule has 112 valence electrons. The molecule has 0 aromatic heterocycles. The van der Waals surface area contributed by atoms with Crippen LogP contribution in [0, 0.1) is 5.82 Å². The van der Waals surface area contributed by atoms with Crippen LogP contribution in [0.2, 0.25) is 0 Å². The summed E-state index contributed by atoms with van der Waals surface area (Å²) >= 11 is 0. The van der Waals surface area contributed by atoms with Crippen molar-refractivity contribution < 1.29 is 9.13 Å². The first-order valence-corrected chi connectivity index (χ1v) is 7.29. The molecule has 2 nitrogen and oxygen atoms in total. The summed E-state index contributed by atoms with van der Waals surface area (Å²) in [6.45, 7) is 2.59. The molecule has 2 N–H and O–H groups in total. The van der Waals surface area contributed by atoms with E-state index in [2.05, 4.69) is 31.2 Å². The van der Waals surface area contributed by atoms with E-state index in [1.54, 1.807) is 13.2 Å². The first-order chi connectivity index (χ1) is 10.2. The molecular weight excluding hydrogens is 265 g/mol. The highest BCUT2D eigenvalue weighted by Crippen LogP contribution is 2.29. The second-order valence-corrected chi connectivity index (χ2v) is 5.19. The lowest BCUT2D eigenvalue weighted by molar-refractivity contribution is 0.403. The first kappa shape index (κ1) is 15.5. The van der Waals surface area contributed by atoms with Crippen LogP contribution in [-0.2, 0) is 12.8 Å². The molecule has 0 aliphatic rings. The molecule has 0 spiro atoms. The summed E-state index contributed by atoms with van der Waals surface area (Å²) in [6, 6.07) is 13.1. The Morgan fingerprint density at radius 1 is 1.10 bits per heavy atom. The molecule has 0 saturated carbocycles. The normalized spacial score (nSPS) is 12.2. The van der Waals surface area contributed by atoms with E-state index in [1.165, 1.54) is 23.3 Å². The fourth-order valence-corrected chi connectivity index (χ4v) is 2.54. The van der Waals surface area contributed by atoms with Gasteiger partial charge >= 0.3 is 0 Å². The number of aryl methyl sites for hydroxylation is 1. The Balaban J connectivity index is 2.24. The highest BCUT2D eigenvalue weighted by Gasteiger charge is 2.16. The molecule has 2 rings (SSSR count). The number of hydrogen-bond donors (Lipinski definition) is 1. The molecule has 1 unspecified atom stereocenters. The molecule has 21 heavy (non-hydrogen) atoms. The highest BCUT2D eigenvalue weighted by atomic mass is 19.1. The van der Waals surface area contributed by atoms with Gasteiger partial charge < -0.3 is 10.5 Å². The van der Waals surface area contributed by atoms with Gasteiger partial charge in [0.05, 0.1) is 7.11 Å². The molecule has 2 aromatic rings. The van der Waals surface area contributed by atoms with E-state index in [1.807, 2.05) is 0 Å². The second kappa shape index (κ2) is 7.23. The maximum absolute atomic E-state index is 13.5. The minimum atomic E-state index is -0.259. The second-order valence-electron chi connectivity index (χ2n) is 5.19. The smallest absolute Gasteiger partial charge is 0.123 e. The molecule has 1 atom stereocenters. The predicted octanol–water partition coefficient (Wildman–Crippen LogP) is 3.68. The fourth-order valence-electron chi connectivity index (χ4n) is 2.54. The third kappa shape index (κ3) is 3.82. The highest BCUT2D eigenvalue weighted by molar-refractivity contribution is 5.38. The van der Waals surface area contributed by atoms with Gasteiger partial charge in [-0.15, -0.1) is 0 Å². The van der Waals surface area contributed by atoms with E-state index in [0.717, 1.165) is 18.4 Å². The number of benzene rings is 2. The summed E-state index contributed by atoms with van der Waals surface area (Å²) in [7, 11) is 1.60. The third-order valence-corrected chi connectivity index (χ3v) is 3.83. The number of methoxy groups -OCH3 is 1. The fraction of sp³-hybridized carbons (Fsp3) is 0.333. The molecule has 3 heteroatoms. The van der Waals surface area contributed by atoms with Crippen molar-refractivity contribution in [2.45, 2.75) is 25.7 Å². The average molecular weight is 287 g/mol. The number of nitrogens with two attached hydrogens (primary N) is 1. The maximum atomic E-state index is 13.5. The van der Waals surface area contributed by atoms with Crippen molar-refractivity contribution in [2.24, 2.45) is 5.73 Å². The SMILES string of the molecule is CCc1ccc(CC(CN)c2cc(F)ccc2OC)cc1. The van der Waals surface area contributed by atoms with Crippen LogP contribution in [0.5, 0.6) is 5.75 Å². The van der Waals surface area contributed by atoms with Crippen LogP contribution in [0.25, 0.3) is 0 Å². The molecule has 2 aromatic carbocycles. The van der Waals surface area contributed by atoms with Crippen molar-refractivity contribution in [2.75, 3.05) is 13.7 Å². The summed E-state index contributed by atoms with van der Waals surface area (Å²) in [4.78, 5) is 0. The zero-order valence-corrected chi connectivity index (χ0v) is 12.6. The van der Waals surface area contributed by atoms with Crippen molar-refractivity contribution >= 4 is 0 Å². The van der Waals surface area contributed by atoms with Crippen LogP contribution in [0.15, 0.2) is 42.5 Å². The Morgan fingerprint density at radius 2 is 1.76 bits per heavy atom. The molecule has 0 saturated heterocycles. The van der Waals surface area contributed by atoms with E-state index < -0.39 is 0 Å². The van der Waals surface area contributed by atoms with E-state index in [9.17, 15) is 4.39 Å². The van der Waals surface area contributed by atoms with E-state index in [0.29, 0.717) is 12.3 Å².